The van der Waals surface area contributed by atoms with Crippen molar-refractivity contribution in [1.82, 2.24) is 10.2 Å². The molecule has 1 amide bonds. The number of nitrogens with one attached hydrogen (secondary N) is 1. The van der Waals surface area contributed by atoms with Crippen molar-refractivity contribution < 1.29 is 14.7 Å². The minimum absolute atomic E-state index is 0. The van der Waals surface area contributed by atoms with E-state index in [1.54, 1.807) is 0 Å². The predicted octanol–water partition coefficient (Wildman–Crippen LogP) is 0.0759. The van der Waals surface area contributed by atoms with E-state index in [0.717, 1.165) is 0 Å². The van der Waals surface area contributed by atoms with Gasteiger partial charge in [-0.25, -0.2) is 0 Å². The molecule has 0 rings (SSSR count). The molecule has 0 heterocycles. The molecule has 0 unspecified atom stereocenters. The van der Waals surface area contributed by atoms with Gasteiger partial charge in [0.2, 0.25) is 0 Å². The van der Waals surface area contributed by atoms with Crippen LogP contribution in [-0.4, -0.2) is 49.6 Å². The van der Waals surface area contributed by atoms with Crippen LogP contribution >= 0.6 is 0 Å². The van der Waals surface area contributed by atoms with Crippen LogP contribution in [0.15, 0.2) is 0 Å². The van der Waals surface area contributed by atoms with E-state index in [9.17, 15) is 9.59 Å². The summed E-state index contributed by atoms with van der Waals surface area (Å²) in [7, 11) is 4.21. The summed E-state index contributed by atoms with van der Waals surface area (Å²) in [6.07, 6.45) is 3.85. The van der Waals surface area contributed by atoms with Crippen LogP contribution in [0, 0.1) is 0 Å². The molecule has 0 saturated heterocycles. The average molecular weight is 460 g/mol. The molecule has 0 radical (unpaired) electrons. The molecular formula is C9H19FmN2O3-. The van der Waals surface area contributed by atoms with Crippen molar-refractivity contribution in [2.24, 2.45) is 0 Å². The van der Waals surface area contributed by atoms with Crippen LogP contribution in [0.25, 0.3) is 0 Å². The van der Waals surface area contributed by atoms with E-state index in [2.05, 4.69) is 25.9 Å². The quantitative estimate of drug-likeness (QED) is 0.435. The monoisotopic (exact) mass is 460 g/mol. The first-order valence-electron chi connectivity index (χ1n) is 4.51. The van der Waals surface area contributed by atoms with Crippen LogP contribution in [0.5, 0.6) is 0 Å². The van der Waals surface area contributed by atoms with Gasteiger partial charge in [-0.3, -0.25) is 4.79 Å². The molecule has 0 aromatic heterocycles. The Labute approximate surface area is 85.1 Å². The second-order valence-electron chi connectivity index (χ2n) is 3.01. The molecule has 0 saturated carbocycles. The Morgan fingerprint density at radius 2 is 2.00 bits per heavy atom. The molecule has 0 aromatic carbocycles. The van der Waals surface area contributed by atoms with Gasteiger partial charge in [-0.15, -0.1) is 0 Å². The second kappa shape index (κ2) is 14.4. The zero-order valence-corrected chi connectivity index (χ0v) is 11.7. The first-order chi connectivity index (χ1) is 6.54. The Morgan fingerprint density at radius 3 is 2.13 bits per heavy atom. The van der Waals surface area contributed by atoms with Crippen molar-refractivity contribution in [1.29, 1.82) is 0 Å². The first kappa shape index (κ1) is 18.6. The van der Waals surface area contributed by atoms with Gasteiger partial charge in [-0.2, -0.15) is 6.41 Å². The molecule has 0 aliphatic carbocycles. The molecule has 15 heavy (non-hydrogen) atoms. The number of carboxylic acids is 1. The Kier molecular flexibility index (Phi) is 17.9. The Balaban J connectivity index is -0.000000180. The van der Waals surface area contributed by atoms with Crippen molar-refractivity contribution in [3.8, 4) is 0 Å². The summed E-state index contributed by atoms with van der Waals surface area (Å²) in [5.74, 6) is -1.07. The van der Waals surface area contributed by atoms with Crippen LogP contribution in [0.1, 0.15) is 19.8 Å². The third kappa shape index (κ3) is 33.5. The average Bonchev–Trinajstić information content (AvgIpc) is 2.12. The SMILES string of the molecule is CCCCN(C)C.O=[C-]NCC(=O)O.[Fm]. The fourth-order valence-corrected chi connectivity index (χ4v) is 0.586. The van der Waals surface area contributed by atoms with Crippen molar-refractivity contribution in [2.45, 2.75) is 19.8 Å². The van der Waals surface area contributed by atoms with E-state index < -0.39 is 5.97 Å². The van der Waals surface area contributed by atoms with Crippen molar-refractivity contribution in [3.63, 3.8) is 0 Å². The number of carbonyl (C=O) groups excluding carboxylic acids is 1. The van der Waals surface area contributed by atoms with Gasteiger partial charge in [0.25, 0.3) is 0 Å². The van der Waals surface area contributed by atoms with Gasteiger partial charge in [0.15, 0.2) is 0 Å². The van der Waals surface area contributed by atoms with Crippen LogP contribution in [0.2, 0.25) is 0 Å². The second-order valence-corrected chi connectivity index (χ2v) is 3.01. The molecule has 0 atom stereocenters. The maximum Gasteiger partial charge on any atom is 0.320 e. The fraction of sp³-hybridized carbons (Fsp3) is 0.778. The number of hydrogen-bond acceptors (Lipinski definition) is 3. The standard InChI is InChI=1S/C6H15N.C3H4NO3.Fm/c1-4-5-6-7(2)3;5-2-4-1-3(6)7;/h4-6H2,1-3H3;1H2,(H,4,5)(H,6,7);/q;-1;. The molecule has 0 aromatic rings. The Bertz CT molecular complexity index is 154. The van der Waals surface area contributed by atoms with Gasteiger partial charge in [0, 0.05) is 0 Å². The minimum Gasteiger partial charge on any atom is -0.521 e. The number of rotatable bonds is 6. The van der Waals surface area contributed by atoms with Gasteiger partial charge in [0.05, 0.1) is 6.54 Å². The molecule has 2 N–H and O–H groups in total. The maximum absolute atomic E-state index is 9.52. The van der Waals surface area contributed by atoms with E-state index >= 15 is 0 Å². The third-order valence-corrected chi connectivity index (χ3v) is 1.27. The molecule has 0 aliphatic rings. The molecular weight excluding hydrogens is 441 g/mol. The number of carboxylic acid groups (broad SMARTS) is 1. The van der Waals surface area contributed by atoms with Crippen LogP contribution in [0.4, 0.5) is 0 Å². The molecule has 0 bridgehead atoms. The Morgan fingerprint density at radius 1 is 1.47 bits per heavy atom. The summed E-state index contributed by atoms with van der Waals surface area (Å²) in [4.78, 5) is 20.9. The summed E-state index contributed by atoms with van der Waals surface area (Å²) in [6, 6.07) is 0. The maximum atomic E-state index is 9.52. The van der Waals surface area contributed by atoms with Crippen molar-refractivity contribution in [2.75, 3.05) is 27.2 Å². The number of carbonyl (C=O) groups is 1. The van der Waals surface area contributed by atoms with Crippen LogP contribution in [0.3, 0.4) is 0 Å². The minimum atomic E-state index is -1.07. The summed E-state index contributed by atoms with van der Waals surface area (Å²) >= 11 is 0. The first-order valence-corrected chi connectivity index (χ1v) is 4.51. The summed E-state index contributed by atoms with van der Waals surface area (Å²) in [6.45, 7) is 3.09. The normalized spacial score (nSPS) is 8.27. The van der Waals surface area contributed by atoms with Gasteiger partial charge in [-0.05, 0) is 27.1 Å². The van der Waals surface area contributed by atoms with Crippen molar-refractivity contribution in [3.05, 3.63) is 0 Å². The molecule has 96 valence electrons. The predicted molar refractivity (Wildman–Crippen MR) is 54.8 cm³/mol. The van der Waals surface area contributed by atoms with E-state index in [0.29, 0.717) is 0 Å². The summed E-state index contributed by atoms with van der Waals surface area (Å²) in [5.41, 5.74) is 0. The van der Waals surface area contributed by atoms with Gasteiger partial charge in [-0.1, -0.05) is 13.3 Å². The molecule has 0 fully saturated rings. The molecule has 0 aliphatic heterocycles. The zero-order chi connectivity index (χ0) is 11.4. The molecule has 6 heteroatoms. The van der Waals surface area contributed by atoms with E-state index in [4.69, 9.17) is 5.11 Å². The smallest absolute Gasteiger partial charge is 0.320 e. The van der Waals surface area contributed by atoms with E-state index in [-0.39, 0.29) is 6.54 Å². The largest absolute Gasteiger partial charge is 0.521 e. The number of aliphatic carboxylic acids is 1. The summed E-state index contributed by atoms with van der Waals surface area (Å²) in [5, 5.41) is 9.65. The van der Waals surface area contributed by atoms with E-state index in [1.165, 1.54) is 25.8 Å². The van der Waals surface area contributed by atoms with Crippen LogP contribution in [-0.2, 0) is 9.59 Å². The topological polar surface area (TPSA) is 69.6 Å². The number of unbranched alkanes of at least 4 members (excludes halogenated alkanes) is 1. The Hall–Kier alpha value is -2.10. The van der Waals surface area contributed by atoms with Crippen molar-refractivity contribution >= 4 is 12.4 Å². The number of amides is 1. The molecule has 5 nitrogen and oxygen atoms in total. The van der Waals surface area contributed by atoms with Gasteiger partial charge < -0.3 is 20.1 Å². The zero-order valence-electron chi connectivity index (χ0n) is 9.33. The number of hydrogen-bond donors (Lipinski definition) is 2. The van der Waals surface area contributed by atoms with Crippen LogP contribution < -0.4 is 5.32 Å². The van der Waals surface area contributed by atoms with Gasteiger partial charge >= 0.3 is 5.97 Å². The third-order valence-electron chi connectivity index (χ3n) is 1.27. The number of nitrogens with zero attached hydrogens (tertiary/aromatic N) is 1. The van der Waals surface area contributed by atoms with Gasteiger partial charge in [0.1, 0.15) is 0 Å². The summed E-state index contributed by atoms with van der Waals surface area (Å²) < 4.78 is 0. The fourth-order valence-electron chi connectivity index (χ4n) is 0.586. The van der Waals surface area contributed by atoms with E-state index in [1.807, 2.05) is 5.32 Å². The molecule has 0 spiro atoms.